The maximum Gasteiger partial charge on any atom is 0.271 e. The fraction of sp³-hybridized carbons (Fsp3) is 0.115. The van der Waals surface area contributed by atoms with Gasteiger partial charge in [0.05, 0.1) is 16.3 Å². The largest absolute Gasteiger partial charge is 0.272 e. The molecular weight excluding hydrogens is 421 g/mol. The minimum atomic E-state index is -0.300. The minimum absolute atomic E-state index is 0.0858. The Hall–Kier alpha value is -3.64. The van der Waals surface area contributed by atoms with Crippen LogP contribution in [0.1, 0.15) is 34.7 Å². The Morgan fingerprint density at radius 3 is 2.69 bits per heavy atom. The van der Waals surface area contributed by atoms with Crippen molar-refractivity contribution in [3.8, 4) is 0 Å². The van der Waals surface area contributed by atoms with Crippen molar-refractivity contribution in [3.05, 3.63) is 126 Å². The summed E-state index contributed by atoms with van der Waals surface area (Å²) in [6.45, 7) is 0. The van der Waals surface area contributed by atoms with Crippen LogP contribution in [0, 0.1) is 5.82 Å². The number of aromatic nitrogens is 2. The zero-order valence-corrected chi connectivity index (χ0v) is 17.8. The van der Waals surface area contributed by atoms with Gasteiger partial charge in [-0.3, -0.25) is 14.3 Å². The lowest BCUT2D eigenvalue weighted by atomic mass is 9.83. The molecule has 2 aromatic carbocycles. The van der Waals surface area contributed by atoms with Gasteiger partial charge in [0.1, 0.15) is 5.82 Å². The third-order valence-corrected chi connectivity index (χ3v) is 7.02. The average Bonchev–Trinajstić information content (AvgIpc) is 3.13. The van der Waals surface area contributed by atoms with Crippen LogP contribution in [0.5, 0.6) is 0 Å². The van der Waals surface area contributed by atoms with Crippen LogP contribution in [-0.2, 0) is 6.42 Å². The zero-order valence-electron chi connectivity index (χ0n) is 17.0. The normalized spacial score (nSPS) is 17.4. The number of pyridine rings is 1. The summed E-state index contributed by atoms with van der Waals surface area (Å²) in [5.74, 6) is -0.291. The fourth-order valence-corrected chi connectivity index (χ4v) is 5.58. The summed E-state index contributed by atoms with van der Waals surface area (Å²) in [6, 6.07) is 18.2. The van der Waals surface area contributed by atoms with E-state index in [2.05, 4.69) is 17.1 Å². The van der Waals surface area contributed by atoms with Crippen LogP contribution < -0.4 is 14.9 Å². The first-order valence-electron chi connectivity index (χ1n) is 10.5. The van der Waals surface area contributed by atoms with Gasteiger partial charge in [-0.05, 0) is 59.4 Å². The van der Waals surface area contributed by atoms with Crippen LogP contribution in [0.3, 0.4) is 0 Å². The lowest BCUT2D eigenvalue weighted by Gasteiger charge is -2.30. The fourth-order valence-electron chi connectivity index (χ4n) is 4.58. The molecule has 0 saturated heterocycles. The van der Waals surface area contributed by atoms with Crippen molar-refractivity contribution < 1.29 is 4.39 Å². The van der Waals surface area contributed by atoms with Crippen molar-refractivity contribution in [2.75, 3.05) is 0 Å². The Labute approximate surface area is 187 Å². The third-order valence-electron chi connectivity index (χ3n) is 6.04. The maximum atomic E-state index is 13.7. The number of hydrogen-bond acceptors (Lipinski definition) is 4. The van der Waals surface area contributed by atoms with Crippen LogP contribution >= 0.6 is 11.3 Å². The molecule has 156 valence electrons. The van der Waals surface area contributed by atoms with Gasteiger partial charge < -0.3 is 0 Å². The Bertz CT molecular complexity index is 1550. The monoisotopic (exact) mass is 439 g/mol. The number of rotatable bonds is 2. The number of benzene rings is 2. The van der Waals surface area contributed by atoms with E-state index in [1.54, 1.807) is 29.1 Å². The minimum Gasteiger partial charge on any atom is -0.272 e. The van der Waals surface area contributed by atoms with Crippen molar-refractivity contribution >= 4 is 23.1 Å². The van der Waals surface area contributed by atoms with Gasteiger partial charge in [0.2, 0.25) is 0 Å². The lowest BCUT2D eigenvalue weighted by molar-refractivity contribution is 0.581. The van der Waals surface area contributed by atoms with E-state index >= 15 is 0 Å². The van der Waals surface area contributed by atoms with Gasteiger partial charge in [-0.1, -0.05) is 53.8 Å². The van der Waals surface area contributed by atoms with Gasteiger partial charge >= 0.3 is 0 Å². The van der Waals surface area contributed by atoms with E-state index in [-0.39, 0.29) is 17.4 Å². The number of aryl methyl sites for hydroxylation is 1. The standard InChI is InChI=1S/C26H18FN3OS/c27-19-10-7-18(8-11-19)24-21-12-9-17-5-1-2-6-20(17)23(21)29-26-30(24)25(31)22(32-26)14-16-4-3-13-28-15-16/h1-8,10-11,13-15,24H,9,12H2/b22-14+/t24-/m1/s1. The summed E-state index contributed by atoms with van der Waals surface area (Å²) in [4.78, 5) is 23.3. The molecule has 0 unspecified atom stereocenters. The van der Waals surface area contributed by atoms with Gasteiger partial charge in [0.15, 0.2) is 4.80 Å². The molecule has 4 nitrogen and oxygen atoms in total. The summed E-state index contributed by atoms with van der Waals surface area (Å²) < 4.78 is 16.1. The van der Waals surface area contributed by atoms with Gasteiger partial charge in [-0.25, -0.2) is 9.38 Å². The first-order valence-corrected chi connectivity index (χ1v) is 11.3. The van der Waals surface area contributed by atoms with Crippen LogP contribution in [0.25, 0.3) is 11.8 Å². The highest BCUT2D eigenvalue weighted by molar-refractivity contribution is 7.07. The Morgan fingerprint density at radius 1 is 1.03 bits per heavy atom. The molecule has 0 bridgehead atoms. The molecule has 0 radical (unpaired) electrons. The molecule has 0 saturated carbocycles. The van der Waals surface area contributed by atoms with Crippen molar-refractivity contribution in [2.24, 2.45) is 4.99 Å². The van der Waals surface area contributed by atoms with E-state index in [0.717, 1.165) is 40.8 Å². The van der Waals surface area contributed by atoms with Gasteiger partial charge in [-0.2, -0.15) is 0 Å². The molecule has 6 rings (SSSR count). The number of nitrogens with zero attached hydrogens (tertiary/aromatic N) is 3. The second-order valence-corrected chi connectivity index (χ2v) is 8.96. The summed E-state index contributed by atoms with van der Waals surface area (Å²) in [7, 11) is 0. The first-order chi connectivity index (χ1) is 15.7. The molecule has 0 fully saturated rings. The van der Waals surface area contributed by atoms with Gasteiger partial charge in [0, 0.05) is 18.0 Å². The molecule has 0 amide bonds. The zero-order chi connectivity index (χ0) is 21.7. The predicted octanol–water partition coefficient (Wildman–Crippen LogP) is 3.85. The van der Waals surface area contributed by atoms with Crippen LogP contribution in [0.15, 0.2) is 88.4 Å². The molecule has 2 aromatic heterocycles. The smallest absolute Gasteiger partial charge is 0.271 e. The quantitative estimate of drug-likeness (QED) is 0.476. The number of halogens is 1. The third kappa shape index (κ3) is 3.07. The van der Waals surface area contributed by atoms with Crippen molar-refractivity contribution in [3.63, 3.8) is 0 Å². The number of fused-ring (bicyclic) bond motifs is 3. The van der Waals surface area contributed by atoms with E-state index in [4.69, 9.17) is 4.99 Å². The summed E-state index contributed by atoms with van der Waals surface area (Å²) >= 11 is 1.38. The number of thiazole rings is 1. The van der Waals surface area contributed by atoms with Crippen LogP contribution in [0.4, 0.5) is 4.39 Å². The van der Waals surface area contributed by atoms with Crippen LogP contribution in [0.2, 0.25) is 0 Å². The van der Waals surface area contributed by atoms with E-state index in [1.807, 2.05) is 30.3 Å². The second kappa shape index (κ2) is 7.50. The lowest BCUT2D eigenvalue weighted by Crippen LogP contribution is -2.38. The molecule has 4 aromatic rings. The van der Waals surface area contributed by atoms with Crippen molar-refractivity contribution in [1.82, 2.24) is 9.55 Å². The van der Waals surface area contributed by atoms with E-state index < -0.39 is 0 Å². The highest BCUT2D eigenvalue weighted by Gasteiger charge is 2.32. The number of hydrogen-bond donors (Lipinski definition) is 0. The molecule has 3 heterocycles. The molecule has 1 atom stereocenters. The summed E-state index contributed by atoms with van der Waals surface area (Å²) in [5.41, 5.74) is 6.10. The molecule has 1 aliphatic carbocycles. The second-order valence-electron chi connectivity index (χ2n) is 7.95. The maximum absolute atomic E-state index is 13.7. The SMILES string of the molecule is O=c1/c(=C\c2cccnc2)sc2n1[C@H](c1ccc(F)cc1)C1=C(N=2)c2ccccc2CC1. The topological polar surface area (TPSA) is 47.2 Å². The van der Waals surface area contributed by atoms with Gasteiger partial charge in [0.25, 0.3) is 5.56 Å². The van der Waals surface area contributed by atoms with Gasteiger partial charge in [-0.15, -0.1) is 0 Å². The van der Waals surface area contributed by atoms with Crippen molar-refractivity contribution in [1.29, 1.82) is 0 Å². The van der Waals surface area contributed by atoms with E-state index in [0.29, 0.717) is 9.33 Å². The predicted molar refractivity (Wildman–Crippen MR) is 123 cm³/mol. The van der Waals surface area contributed by atoms with Crippen molar-refractivity contribution in [2.45, 2.75) is 18.9 Å². The number of allylic oxidation sites excluding steroid dienone is 1. The Kier molecular flexibility index (Phi) is 4.47. The van der Waals surface area contributed by atoms with Crippen LogP contribution in [-0.4, -0.2) is 9.55 Å². The van der Waals surface area contributed by atoms with E-state index in [9.17, 15) is 9.18 Å². The molecular formula is C26H18FN3OS. The molecule has 0 spiro atoms. The molecule has 1 aliphatic heterocycles. The molecule has 32 heavy (non-hydrogen) atoms. The highest BCUT2D eigenvalue weighted by Crippen LogP contribution is 2.41. The first kappa shape index (κ1) is 19.1. The van der Waals surface area contributed by atoms with E-state index in [1.165, 1.54) is 29.0 Å². The molecule has 0 N–H and O–H groups in total. The average molecular weight is 440 g/mol. The molecule has 6 heteroatoms. The highest BCUT2D eigenvalue weighted by atomic mass is 32.1. The summed E-state index contributed by atoms with van der Waals surface area (Å²) in [6.07, 6.45) is 7.00. The Morgan fingerprint density at radius 2 is 1.88 bits per heavy atom. The Balaban J connectivity index is 1.64. The summed E-state index contributed by atoms with van der Waals surface area (Å²) in [5, 5.41) is 0. The molecule has 2 aliphatic rings.